The molecule has 0 fully saturated rings. The van der Waals surface area contributed by atoms with Gasteiger partial charge in [-0.2, -0.15) is 5.26 Å². The molecule has 3 nitrogen and oxygen atoms in total. The monoisotopic (exact) mass is 255 g/mol. The highest BCUT2D eigenvalue weighted by Gasteiger charge is 2.04. The molecule has 100 valence electrons. The second kappa shape index (κ2) is 6.40. The van der Waals surface area contributed by atoms with E-state index in [1.807, 2.05) is 18.2 Å². The average molecular weight is 255 g/mol. The molecule has 0 amide bonds. The zero-order chi connectivity index (χ0) is 13.7. The summed E-state index contributed by atoms with van der Waals surface area (Å²) < 4.78 is 2.21. The molecule has 2 rings (SSSR count). The third-order valence-corrected chi connectivity index (χ3v) is 3.36. The van der Waals surface area contributed by atoms with Gasteiger partial charge in [0.05, 0.1) is 11.6 Å². The van der Waals surface area contributed by atoms with Gasteiger partial charge in [-0.15, -0.1) is 0 Å². The lowest BCUT2D eigenvalue weighted by Crippen LogP contribution is -2.21. The summed E-state index contributed by atoms with van der Waals surface area (Å²) in [6.07, 6.45) is 3.28. The molecule has 1 aromatic heterocycles. The maximum absolute atomic E-state index is 9.07. The van der Waals surface area contributed by atoms with Crippen LogP contribution < -0.4 is 5.32 Å². The lowest BCUT2D eigenvalue weighted by Gasteiger charge is -2.08. The van der Waals surface area contributed by atoms with Crippen LogP contribution in [0.3, 0.4) is 0 Å². The second-order valence-corrected chi connectivity index (χ2v) is 5.29. The molecule has 0 saturated carbocycles. The van der Waals surface area contributed by atoms with Crippen LogP contribution in [-0.2, 0) is 6.54 Å². The first-order valence-corrected chi connectivity index (χ1v) is 6.91. The molecule has 0 saturated heterocycles. The first-order valence-electron chi connectivity index (χ1n) is 6.91. The molecule has 0 aliphatic rings. The van der Waals surface area contributed by atoms with Crippen LogP contribution >= 0.6 is 0 Å². The number of benzene rings is 1. The molecule has 0 spiro atoms. The smallest absolute Gasteiger partial charge is 0.0998 e. The summed E-state index contributed by atoms with van der Waals surface area (Å²) in [5, 5.41) is 13.6. The fourth-order valence-corrected chi connectivity index (χ4v) is 2.23. The van der Waals surface area contributed by atoms with E-state index in [2.05, 4.69) is 42.1 Å². The molecular formula is C16H21N3. The molecular weight excluding hydrogens is 234 g/mol. The van der Waals surface area contributed by atoms with E-state index in [1.54, 1.807) is 0 Å². The number of nitrogens with zero attached hydrogens (tertiary/aromatic N) is 2. The Hall–Kier alpha value is -1.79. The third kappa shape index (κ3) is 3.36. The van der Waals surface area contributed by atoms with Crippen molar-refractivity contribution in [2.75, 3.05) is 13.1 Å². The maximum atomic E-state index is 9.07. The molecule has 0 bridgehead atoms. The van der Waals surface area contributed by atoms with E-state index in [1.165, 1.54) is 6.42 Å². The van der Waals surface area contributed by atoms with E-state index < -0.39 is 0 Å². The van der Waals surface area contributed by atoms with Crippen LogP contribution in [0.25, 0.3) is 10.9 Å². The summed E-state index contributed by atoms with van der Waals surface area (Å²) in [7, 11) is 0. The van der Waals surface area contributed by atoms with Crippen LogP contribution in [-0.4, -0.2) is 17.7 Å². The van der Waals surface area contributed by atoms with Gasteiger partial charge in [-0.3, -0.25) is 0 Å². The fraction of sp³-hybridized carbons (Fsp3) is 0.438. The van der Waals surface area contributed by atoms with Crippen LogP contribution in [0.4, 0.5) is 0 Å². The summed E-state index contributed by atoms with van der Waals surface area (Å²) in [6.45, 7) is 7.46. The molecule has 3 heteroatoms. The minimum atomic E-state index is 0.748. The predicted octanol–water partition coefficient (Wildman–Crippen LogP) is 3.15. The number of aromatic nitrogens is 1. The Bertz CT molecular complexity index is 575. The molecule has 1 heterocycles. The van der Waals surface area contributed by atoms with Gasteiger partial charge in [0.2, 0.25) is 0 Å². The Kier molecular flexibility index (Phi) is 4.59. The lowest BCUT2D eigenvalue weighted by molar-refractivity contribution is 0.522. The van der Waals surface area contributed by atoms with E-state index in [9.17, 15) is 0 Å². The number of nitriles is 1. The lowest BCUT2D eigenvalue weighted by atomic mass is 10.1. The highest BCUT2D eigenvalue weighted by molar-refractivity contribution is 5.85. The zero-order valence-corrected chi connectivity index (χ0v) is 11.7. The number of nitrogens with one attached hydrogen (secondary N) is 1. The number of rotatable bonds is 6. The molecule has 1 aromatic carbocycles. The van der Waals surface area contributed by atoms with E-state index in [0.717, 1.165) is 42.0 Å². The Morgan fingerprint density at radius 3 is 2.84 bits per heavy atom. The predicted molar refractivity (Wildman–Crippen MR) is 79.0 cm³/mol. The average Bonchev–Trinajstić information content (AvgIpc) is 2.81. The van der Waals surface area contributed by atoms with Gasteiger partial charge >= 0.3 is 0 Å². The summed E-state index contributed by atoms with van der Waals surface area (Å²) >= 11 is 0. The SMILES string of the molecule is CC(C)CCNCCn1ccc2c(C#N)cccc21. The Morgan fingerprint density at radius 1 is 1.26 bits per heavy atom. The first kappa shape index (κ1) is 13.6. The van der Waals surface area contributed by atoms with Gasteiger partial charge in [0.1, 0.15) is 0 Å². The second-order valence-electron chi connectivity index (χ2n) is 5.29. The van der Waals surface area contributed by atoms with Crippen molar-refractivity contribution in [2.24, 2.45) is 5.92 Å². The maximum Gasteiger partial charge on any atom is 0.0998 e. The Labute approximate surface area is 114 Å². The third-order valence-electron chi connectivity index (χ3n) is 3.36. The number of hydrogen-bond donors (Lipinski definition) is 1. The fourth-order valence-electron chi connectivity index (χ4n) is 2.23. The molecule has 2 aromatic rings. The van der Waals surface area contributed by atoms with E-state index >= 15 is 0 Å². The minimum Gasteiger partial charge on any atom is -0.346 e. The van der Waals surface area contributed by atoms with Crippen LogP contribution in [0.5, 0.6) is 0 Å². The van der Waals surface area contributed by atoms with Gasteiger partial charge in [-0.25, -0.2) is 0 Å². The highest BCUT2D eigenvalue weighted by atomic mass is 15.0. The van der Waals surface area contributed by atoms with Crippen molar-refractivity contribution in [1.82, 2.24) is 9.88 Å². The van der Waals surface area contributed by atoms with Crippen LogP contribution in [0, 0.1) is 17.2 Å². The van der Waals surface area contributed by atoms with Crippen molar-refractivity contribution in [3.8, 4) is 6.07 Å². The summed E-state index contributed by atoms with van der Waals surface area (Å²) in [4.78, 5) is 0. The summed E-state index contributed by atoms with van der Waals surface area (Å²) in [5.74, 6) is 0.748. The molecule has 0 aliphatic heterocycles. The van der Waals surface area contributed by atoms with Crippen molar-refractivity contribution in [2.45, 2.75) is 26.8 Å². The van der Waals surface area contributed by atoms with Crippen LogP contribution in [0.15, 0.2) is 30.5 Å². The van der Waals surface area contributed by atoms with Crippen LogP contribution in [0.2, 0.25) is 0 Å². The van der Waals surface area contributed by atoms with E-state index in [0.29, 0.717) is 0 Å². The normalized spacial score (nSPS) is 11.1. The zero-order valence-electron chi connectivity index (χ0n) is 11.7. The molecule has 0 atom stereocenters. The Balaban J connectivity index is 1.97. The van der Waals surface area contributed by atoms with Gasteiger partial charge in [0.15, 0.2) is 0 Å². The minimum absolute atomic E-state index is 0.748. The summed E-state index contributed by atoms with van der Waals surface area (Å²) in [6, 6.07) is 10.2. The topological polar surface area (TPSA) is 40.8 Å². The number of fused-ring (bicyclic) bond motifs is 1. The molecule has 0 unspecified atom stereocenters. The standard InChI is InChI=1S/C16H21N3/c1-13(2)6-8-18-9-11-19-10-7-15-14(12-17)4-3-5-16(15)19/h3-5,7,10,13,18H,6,8-9,11H2,1-2H3. The molecule has 0 aliphatic carbocycles. The summed E-state index contributed by atoms with van der Waals surface area (Å²) in [5.41, 5.74) is 1.90. The van der Waals surface area contributed by atoms with Crippen molar-refractivity contribution in [3.63, 3.8) is 0 Å². The van der Waals surface area contributed by atoms with Gasteiger partial charge in [-0.05, 0) is 37.1 Å². The first-order chi connectivity index (χ1) is 9.22. The Morgan fingerprint density at radius 2 is 2.11 bits per heavy atom. The van der Waals surface area contributed by atoms with E-state index in [-0.39, 0.29) is 0 Å². The highest BCUT2D eigenvalue weighted by Crippen LogP contribution is 2.19. The van der Waals surface area contributed by atoms with Crippen LogP contribution in [0.1, 0.15) is 25.8 Å². The van der Waals surface area contributed by atoms with Crippen molar-refractivity contribution in [3.05, 3.63) is 36.0 Å². The van der Waals surface area contributed by atoms with E-state index in [4.69, 9.17) is 5.26 Å². The van der Waals surface area contributed by atoms with Gasteiger partial charge < -0.3 is 9.88 Å². The quantitative estimate of drug-likeness (QED) is 0.806. The molecule has 19 heavy (non-hydrogen) atoms. The van der Waals surface area contributed by atoms with Gasteiger partial charge in [0, 0.05) is 30.2 Å². The van der Waals surface area contributed by atoms with Crippen molar-refractivity contribution >= 4 is 10.9 Å². The van der Waals surface area contributed by atoms with Gasteiger partial charge in [0.25, 0.3) is 0 Å². The largest absolute Gasteiger partial charge is 0.346 e. The van der Waals surface area contributed by atoms with Crippen molar-refractivity contribution < 1.29 is 0 Å². The molecule has 0 radical (unpaired) electrons. The van der Waals surface area contributed by atoms with Gasteiger partial charge in [-0.1, -0.05) is 19.9 Å². The molecule has 1 N–H and O–H groups in total. The van der Waals surface area contributed by atoms with Crippen molar-refractivity contribution in [1.29, 1.82) is 5.26 Å². The number of hydrogen-bond acceptors (Lipinski definition) is 2.